The van der Waals surface area contributed by atoms with Crippen molar-refractivity contribution in [1.82, 2.24) is 10.3 Å². The van der Waals surface area contributed by atoms with Gasteiger partial charge in [-0.05, 0) is 37.9 Å². The third-order valence-corrected chi connectivity index (χ3v) is 5.77. The first kappa shape index (κ1) is 14.2. The minimum atomic E-state index is 0.605. The number of hydrogen-bond donors (Lipinski definition) is 1. The number of nitrogens with zero attached hydrogens (tertiary/aromatic N) is 1. The van der Waals surface area contributed by atoms with E-state index in [-0.39, 0.29) is 0 Å². The van der Waals surface area contributed by atoms with Crippen molar-refractivity contribution in [3.8, 4) is 0 Å². The predicted octanol–water partition coefficient (Wildman–Crippen LogP) is 4.14. The van der Waals surface area contributed by atoms with E-state index in [4.69, 9.17) is 4.98 Å². The van der Waals surface area contributed by atoms with Crippen LogP contribution in [0.2, 0.25) is 0 Å². The molecule has 20 heavy (non-hydrogen) atoms. The van der Waals surface area contributed by atoms with Crippen molar-refractivity contribution >= 4 is 27.3 Å². The number of rotatable bonds is 4. The van der Waals surface area contributed by atoms with E-state index in [0.717, 1.165) is 13.0 Å². The van der Waals surface area contributed by atoms with Crippen LogP contribution >= 0.6 is 27.3 Å². The molecule has 0 saturated heterocycles. The zero-order valence-electron chi connectivity index (χ0n) is 11.7. The van der Waals surface area contributed by atoms with Gasteiger partial charge in [0.15, 0.2) is 0 Å². The van der Waals surface area contributed by atoms with Gasteiger partial charge in [0.2, 0.25) is 0 Å². The Morgan fingerprint density at radius 3 is 3.05 bits per heavy atom. The molecule has 0 bridgehead atoms. The molecule has 1 atom stereocenters. The summed E-state index contributed by atoms with van der Waals surface area (Å²) in [5.74, 6) is 0.605. The highest BCUT2D eigenvalue weighted by atomic mass is 79.9. The molecule has 1 unspecified atom stereocenters. The normalized spacial score (nSPS) is 18.0. The second kappa shape index (κ2) is 6.37. The summed E-state index contributed by atoms with van der Waals surface area (Å²) in [4.78, 5) is 6.46. The Morgan fingerprint density at radius 1 is 1.40 bits per heavy atom. The van der Waals surface area contributed by atoms with Crippen LogP contribution in [0.3, 0.4) is 0 Å². The molecule has 0 saturated carbocycles. The molecule has 2 aromatic rings. The van der Waals surface area contributed by atoms with Crippen LogP contribution in [0, 0.1) is 0 Å². The van der Waals surface area contributed by atoms with E-state index in [9.17, 15) is 0 Å². The van der Waals surface area contributed by atoms with Gasteiger partial charge in [-0.15, -0.1) is 11.3 Å². The Kier molecular flexibility index (Phi) is 4.54. The molecule has 0 spiro atoms. The van der Waals surface area contributed by atoms with Crippen LogP contribution in [-0.2, 0) is 12.8 Å². The largest absolute Gasteiger partial charge is 0.319 e. The van der Waals surface area contributed by atoms with Crippen LogP contribution in [0.4, 0.5) is 0 Å². The molecule has 1 aliphatic carbocycles. The quantitative estimate of drug-likeness (QED) is 0.896. The van der Waals surface area contributed by atoms with Gasteiger partial charge in [0.1, 0.15) is 0 Å². The minimum absolute atomic E-state index is 0.605. The Labute approximate surface area is 132 Å². The molecule has 3 rings (SSSR count). The maximum atomic E-state index is 4.94. The van der Waals surface area contributed by atoms with Crippen LogP contribution in [0.5, 0.6) is 0 Å². The fourth-order valence-electron chi connectivity index (χ4n) is 2.88. The van der Waals surface area contributed by atoms with Crippen molar-refractivity contribution in [2.75, 3.05) is 13.6 Å². The van der Waals surface area contributed by atoms with Gasteiger partial charge >= 0.3 is 0 Å². The standard InChI is InChI=1S/C16H19BrN2S/c1-18-10-12-6-4-8-14-16(12)19-15(20-14)9-11-5-2-3-7-13(11)17/h2-3,5,7,12,18H,4,6,8-10H2,1H3. The Hall–Kier alpha value is -0.710. The number of benzene rings is 1. The molecule has 1 aromatic heterocycles. The molecule has 1 N–H and O–H groups in total. The molecular weight excluding hydrogens is 332 g/mol. The molecule has 106 valence electrons. The number of thiazole rings is 1. The average molecular weight is 351 g/mol. The van der Waals surface area contributed by atoms with E-state index in [1.165, 1.54) is 44.9 Å². The monoisotopic (exact) mass is 350 g/mol. The number of likely N-dealkylation sites (N-methyl/N-ethyl adjacent to an activating group) is 1. The summed E-state index contributed by atoms with van der Waals surface area (Å²) in [6, 6.07) is 8.43. The van der Waals surface area contributed by atoms with Gasteiger partial charge in [-0.25, -0.2) is 4.98 Å². The van der Waals surface area contributed by atoms with Crippen molar-refractivity contribution in [3.05, 3.63) is 49.9 Å². The van der Waals surface area contributed by atoms with Gasteiger partial charge in [-0.1, -0.05) is 34.1 Å². The lowest BCUT2D eigenvalue weighted by atomic mass is 9.91. The Morgan fingerprint density at radius 2 is 2.25 bits per heavy atom. The van der Waals surface area contributed by atoms with Crippen LogP contribution in [0.15, 0.2) is 28.7 Å². The molecule has 1 heterocycles. The van der Waals surface area contributed by atoms with Gasteiger partial charge in [0, 0.05) is 28.2 Å². The summed E-state index contributed by atoms with van der Waals surface area (Å²) in [6.07, 6.45) is 4.72. The van der Waals surface area contributed by atoms with E-state index in [0.29, 0.717) is 5.92 Å². The summed E-state index contributed by atoms with van der Waals surface area (Å²) in [5, 5.41) is 4.56. The Balaban J connectivity index is 1.84. The van der Waals surface area contributed by atoms with Gasteiger partial charge in [0.05, 0.1) is 10.7 Å². The minimum Gasteiger partial charge on any atom is -0.319 e. The molecule has 1 aromatic carbocycles. The zero-order valence-corrected chi connectivity index (χ0v) is 14.1. The second-order valence-corrected chi connectivity index (χ2v) is 7.35. The number of nitrogens with one attached hydrogen (secondary N) is 1. The summed E-state index contributed by atoms with van der Waals surface area (Å²) in [7, 11) is 2.03. The van der Waals surface area contributed by atoms with E-state index >= 15 is 0 Å². The van der Waals surface area contributed by atoms with Crippen molar-refractivity contribution in [2.24, 2.45) is 0 Å². The maximum Gasteiger partial charge on any atom is 0.0975 e. The molecule has 0 radical (unpaired) electrons. The highest BCUT2D eigenvalue weighted by Gasteiger charge is 2.24. The SMILES string of the molecule is CNCC1CCCc2sc(Cc3ccccc3Br)nc21. The summed E-state index contributed by atoms with van der Waals surface area (Å²) >= 11 is 5.54. The molecule has 1 aliphatic rings. The summed E-state index contributed by atoms with van der Waals surface area (Å²) < 4.78 is 1.18. The Bertz CT molecular complexity index is 594. The molecule has 0 aliphatic heterocycles. The molecular formula is C16H19BrN2S. The molecule has 0 fully saturated rings. The van der Waals surface area contributed by atoms with E-state index < -0.39 is 0 Å². The topological polar surface area (TPSA) is 24.9 Å². The van der Waals surface area contributed by atoms with E-state index in [1.807, 2.05) is 18.4 Å². The fourth-order valence-corrected chi connectivity index (χ4v) is 4.53. The number of fused-ring (bicyclic) bond motifs is 1. The van der Waals surface area contributed by atoms with E-state index in [1.54, 1.807) is 0 Å². The highest BCUT2D eigenvalue weighted by molar-refractivity contribution is 9.10. The second-order valence-electron chi connectivity index (χ2n) is 5.33. The van der Waals surface area contributed by atoms with Crippen LogP contribution in [0.1, 0.15) is 39.9 Å². The van der Waals surface area contributed by atoms with Crippen LogP contribution < -0.4 is 5.32 Å². The molecule has 2 nitrogen and oxygen atoms in total. The average Bonchev–Trinajstić information content (AvgIpc) is 2.85. The molecule has 4 heteroatoms. The number of halogens is 1. The van der Waals surface area contributed by atoms with Crippen molar-refractivity contribution in [1.29, 1.82) is 0 Å². The molecule has 0 amide bonds. The van der Waals surface area contributed by atoms with Crippen molar-refractivity contribution in [2.45, 2.75) is 31.6 Å². The zero-order chi connectivity index (χ0) is 13.9. The first-order chi connectivity index (χ1) is 9.78. The van der Waals surface area contributed by atoms with Crippen molar-refractivity contribution in [3.63, 3.8) is 0 Å². The first-order valence-electron chi connectivity index (χ1n) is 7.14. The van der Waals surface area contributed by atoms with E-state index in [2.05, 4.69) is 45.5 Å². The van der Waals surface area contributed by atoms with Gasteiger partial charge in [-0.2, -0.15) is 0 Å². The third-order valence-electron chi connectivity index (χ3n) is 3.87. The first-order valence-corrected chi connectivity index (χ1v) is 8.75. The fraction of sp³-hybridized carbons (Fsp3) is 0.438. The lowest BCUT2D eigenvalue weighted by molar-refractivity contribution is 0.522. The van der Waals surface area contributed by atoms with Gasteiger partial charge < -0.3 is 5.32 Å². The van der Waals surface area contributed by atoms with Crippen LogP contribution in [0.25, 0.3) is 0 Å². The number of aryl methyl sites for hydroxylation is 1. The lowest BCUT2D eigenvalue weighted by Crippen LogP contribution is -2.21. The van der Waals surface area contributed by atoms with Gasteiger partial charge in [0.25, 0.3) is 0 Å². The number of aromatic nitrogens is 1. The maximum absolute atomic E-state index is 4.94. The van der Waals surface area contributed by atoms with Gasteiger partial charge in [-0.3, -0.25) is 0 Å². The lowest BCUT2D eigenvalue weighted by Gasteiger charge is -2.20. The highest BCUT2D eigenvalue weighted by Crippen LogP contribution is 2.35. The summed E-state index contributed by atoms with van der Waals surface area (Å²) in [5.41, 5.74) is 2.68. The predicted molar refractivity (Wildman–Crippen MR) is 88.7 cm³/mol. The number of hydrogen-bond acceptors (Lipinski definition) is 3. The van der Waals surface area contributed by atoms with Crippen LogP contribution in [-0.4, -0.2) is 18.6 Å². The van der Waals surface area contributed by atoms with Crippen molar-refractivity contribution < 1.29 is 0 Å². The summed E-state index contributed by atoms with van der Waals surface area (Å²) in [6.45, 7) is 1.05. The smallest absolute Gasteiger partial charge is 0.0975 e. The third kappa shape index (κ3) is 2.97.